The van der Waals surface area contributed by atoms with E-state index in [-0.39, 0.29) is 6.09 Å². The molecule has 3 aromatic carbocycles. The number of carbonyl (C=O) groups excluding carboxylic acids is 1. The molecule has 0 spiro atoms. The first kappa shape index (κ1) is 16.5. The van der Waals surface area contributed by atoms with Crippen molar-refractivity contribution in [2.24, 2.45) is 0 Å². The van der Waals surface area contributed by atoms with Gasteiger partial charge in [-0.15, -0.1) is 0 Å². The average molecular weight is 346 g/mol. The number of amides is 1. The van der Waals surface area contributed by atoms with Crippen LogP contribution in [0, 0.1) is 0 Å². The van der Waals surface area contributed by atoms with Gasteiger partial charge in [-0.3, -0.25) is 0 Å². The number of anilines is 1. The summed E-state index contributed by atoms with van der Waals surface area (Å²) in [6.45, 7) is 3.31. The number of hydrogen-bond acceptors (Lipinski definition) is 3. The lowest BCUT2D eigenvalue weighted by Gasteiger charge is -2.36. The molecule has 1 saturated heterocycles. The van der Waals surface area contributed by atoms with Gasteiger partial charge in [-0.2, -0.15) is 0 Å². The molecule has 0 saturated carbocycles. The molecule has 26 heavy (non-hydrogen) atoms. The van der Waals surface area contributed by atoms with E-state index < -0.39 is 0 Å². The Morgan fingerprint density at radius 1 is 0.808 bits per heavy atom. The molecule has 0 aromatic heterocycles. The molecule has 1 fully saturated rings. The number of piperazine rings is 1. The van der Waals surface area contributed by atoms with Gasteiger partial charge in [0.25, 0.3) is 0 Å². The maximum Gasteiger partial charge on any atom is 0.410 e. The van der Waals surface area contributed by atoms with Crippen LogP contribution in [0.2, 0.25) is 0 Å². The third kappa shape index (κ3) is 3.49. The second-order valence-corrected chi connectivity index (χ2v) is 6.51. The first-order valence-corrected chi connectivity index (χ1v) is 8.99. The summed E-state index contributed by atoms with van der Waals surface area (Å²) < 4.78 is 5.45. The summed E-state index contributed by atoms with van der Waals surface area (Å²) in [5.41, 5.74) is 2.25. The van der Waals surface area contributed by atoms with Crippen LogP contribution < -0.4 is 4.90 Å². The second-order valence-electron chi connectivity index (χ2n) is 6.51. The maximum absolute atomic E-state index is 12.3. The van der Waals surface area contributed by atoms with Gasteiger partial charge in [0.05, 0.1) is 0 Å². The van der Waals surface area contributed by atoms with E-state index in [0.29, 0.717) is 19.7 Å². The van der Waals surface area contributed by atoms with E-state index >= 15 is 0 Å². The molecule has 4 heteroatoms. The Hall–Kier alpha value is -3.01. The number of hydrogen-bond donors (Lipinski definition) is 0. The zero-order valence-corrected chi connectivity index (χ0v) is 14.7. The van der Waals surface area contributed by atoms with Crippen molar-refractivity contribution in [3.05, 3.63) is 78.4 Å². The molecule has 4 nitrogen and oxygen atoms in total. The van der Waals surface area contributed by atoms with E-state index in [2.05, 4.69) is 47.4 Å². The molecule has 132 valence electrons. The Labute approximate surface area is 153 Å². The highest BCUT2D eigenvalue weighted by molar-refractivity contribution is 5.94. The van der Waals surface area contributed by atoms with Gasteiger partial charge in [0.15, 0.2) is 0 Å². The predicted octanol–water partition coefficient (Wildman–Crippen LogP) is 4.30. The van der Waals surface area contributed by atoms with Crippen molar-refractivity contribution < 1.29 is 9.53 Å². The molecule has 1 aliphatic heterocycles. The summed E-state index contributed by atoms with van der Waals surface area (Å²) in [6, 6.07) is 24.6. The number of nitrogens with zero attached hydrogens (tertiary/aromatic N) is 2. The molecule has 0 N–H and O–H groups in total. The predicted molar refractivity (Wildman–Crippen MR) is 104 cm³/mol. The van der Waals surface area contributed by atoms with E-state index in [1.54, 1.807) is 4.90 Å². The van der Waals surface area contributed by atoms with Gasteiger partial charge < -0.3 is 14.5 Å². The van der Waals surface area contributed by atoms with Crippen LogP contribution in [-0.4, -0.2) is 37.2 Å². The molecule has 0 atom stereocenters. The lowest BCUT2D eigenvalue weighted by atomic mass is 10.1. The van der Waals surface area contributed by atoms with Crippen molar-refractivity contribution in [3.8, 4) is 0 Å². The Kier molecular flexibility index (Phi) is 4.73. The fourth-order valence-electron chi connectivity index (χ4n) is 3.42. The summed E-state index contributed by atoms with van der Waals surface area (Å²) in [5, 5.41) is 2.50. The van der Waals surface area contributed by atoms with Crippen molar-refractivity contribution in [2.75, 3.05) is 31.1 Å². The molecule has 1 heterocycles. The van der Waals surface area contributed by atoms with Gasteiger partial charge in [-0.1, -0.05) is 66.7 Å². The van der Waals surface area contributed by atoms with Crippen LogP contribution >= 0.6 is 0 Å². The normalized spacial score (nSPS) is 14.5. The summed E-state index contributed by atoms with van der Waals surface area (Å²) in [6.07, 6.45) is -0.230. The van der Waals surface area contributed by atoms with Crippen molar-refractivity contribution in [1.82, 2.24) is 4.90 Å². The van der Waals surface area contributed by atoms with Gasteiger partial charge in [-0.05, 0) is 17.0 Å². The fourth-order valence-corrected chi connectivity index (χ4v) is 3.42. The molecule has 0 bridgehead atoms. The molecular weight excluding hydrogens is 324 g/mol. The third-order valence-corrected chi connectivity index (χ3v) is 4.85. The number of fused-ring (bicyclic) bond motifs is 1. The molecule has 1 aliphatic rings. The second kappa shape index (κ2) is 7.48. The molecule has 0 unspecified atom stereocenters. The minimum Gasteiger partial charge on any atom is -0.445 e. The molecule has 4 rings (SSSR count). The molecule has 0 aliphatic carbocycles. The SMILES string of the molecule is O=C(OCc1ccccc1)N1CCN(c2cccc3ccccc23)CC1. The largest absolute Gasteiger partial charge is 0.445 e. The Bertz CT molecular complexity index is 882. The Balaban J connectivity index is 1.37. The number of ether oxygens (including phenoxy) is 1. The minimum atomic E-state index is -0.230. The first-order chi connectivity index (χ1) is 12.8. The summed E-state index contributed by atoms with van der Waals surface area (Å²) >= 11 is 0. The van der Waals surface area contributed by atoms with E-state index in [0.717, 1.165) is 18.7 Å². The quantitative estimate of drug-likeness (QED) is 0.709. The van der Waals surface area contributed by atoms with Gasteiger partial charge in [0.2, 0.25) is 0 Å². The van der Waals surface area contributed by atoms with Crippen LogP contribution in [0.3, 0.4) is 0 Å². The first-order valence-electron chi connectivity index (χ1n) is 8.99. The topological polar surface area (TPSA) is 32.8 Å². The van der Waals surface area contributed by atoms with Crippen LogP contribution in [0.15, 0.2) is 72.8 Å². The van der Waals surface area contributed by atoms with E-state index in [1.807, 2.05) is 30.3 Å². The van der Waals surface area contributed by atoms with Crippen molar-refractivity contribution >= 4 is 22.6 Å². The highest BCUT2D eigenvalue weighted by atomic mass is 16.6. The lowest BCUT2D eigenvalue weighted by Crippen LogP contribution is -2.49. The lowest BCUT2D eigenvalue weighted by molar-refractivity contribution is 0.0942. The average Bonchev–Trinajstić information content (AvgIpc) is 2.72. The van der Waals surface area contributed by atoms with Crippen LogP contribution in [0.1, 0.15) is 5.56 Å². The van der Waals surface area contributed by atoms with E-state index in [4.69, 9.17) is 4.74 Å². The zero-order valence-electron chi connectivity index (χ0n) is 14.7. The van der Waals surface area contributed by atoms with Crippen molar-refractivity contribution in [2.45, 2.75) is 6.61 Å². The van der Waals surface area contributed by atoms with Gasteiger partial charge >= 0.3 is 6.09 Å². The zero-order chi connectivity index (χ0) is 17.8. The fraction of sp³-hybridized carbons (Fsp3) is 0.227. The van der Waals surface area contributed by atoms with Gasteiger partial charge in [-0.25, -0.2) is 4.79 Å². The van der Waals surface area contributed by atoms with E-state index in [9.17, 15) is 4.79 Å². The van der Waals surface area contributed by atoms with Crippen LogP contribution in [-0.2, 0) is 11.3 Å². The van der Waals surface area contributed by atoms with E-state index in [1.165, 1.54) is 16.5 Å². The van der Waals surface area contributed by atoms with Crippen LogP contribution in [0.25, 0.3) is 10.8 Å². The Morgan fingerprint density at radius 3 is 2.31 bits per heavy atom. The standard InChI is InChI=1S/C22H22N2O2/c25-22(26-17-18-7-2-1-3-8-18)24-15-13-23(14-16-24)21-12-6-10-19-9-4-5-11-20(19)21/h1-12H,13-17H2. The maximum atomic E-state index is 12.3. The monoisotopic (exact) mass is 346 g/mol. The minimum absolute atomic E-state index is 0.230. The molecule has 3 aromatic rings. The molecule has 0 radical (unpaired) electrons. The third-order valence-electron chi connectivity index (χ3n) is 4.85. The number of rotatable bonds is 3. The highest BCUT2D eigenvalue weighted by Gasteiger charge is 2.23. The summed E-state index contributed by atoms with van der Waals surface area (Å²) in [5.74, 6) is 0. The smallest absolute Gasteiger partial charge is 0.410 e. The van der Waals surface area contributed by atoms with Crippen molar-refractivity contribution in [3.63, 3.8) is 0 Å². The number of carbonyl (C=O) groups is 1. The summed E-state index contributed by atoms with van der Waals surface area (Å²) in [4.78, 5) is 16.5. The molecule has 1 amide bonds. The number of benzene rings is 3. The van der Waals surface area contributed by atoms with Gasteiger partial charge in [0.1, 0.15) is 6.61 Å². The van der Waals surface area contributed by atoms with Gasteiger partial charge in [0, 0.05) is 37.3 Å². The highest BCUT2D eigenvalue weighted by Crippen LogP contribution is 2.27. The molecular formula is C22H22N2O2. The van der Waals surface area contributed by atoms with Crippen LogP contribution in [0.4, 0.5) is 10.5 Å². The summed E-state index contributed by atoms with van der Waals surface area (Å²) in [7, 11) is 0. The Morgan fingerprint density at radius 2 is 1.50 bits per heavy atom. The van der Waals surface area contributed by atoms with Crippen LogP contribution in [0.5, 0.6) is 0 Å². The van der Waals surface area contributed by atoms with Crippen molar-refractivity contribution in [1.29, 1.82) is 0 Å².